The van der Waals surface area contributed by atoms with Crippen LogP contribution >= 0.6 is 0 Å². The normalized spacial score (nSPS) is 11.3. The highest BCUT2D eigenvalue weighted by molar-refractivity contribution is 7.89. The summed E-state index contributed by atoms with van der Waals surface area (Å²) in [5.74, 6) is 0.456. The number of ether oxygens (including phenoxy) is 2. The van der Waals surface area contributed by atoms with Gasteiger partial charge in [0.1, 0.15) is 16.4 Å². The van der Waals surface area contributed by atoms with E-state index >= 15 is 0 Å². The Hall–Kier alpha value is -2.58. The minimum atomic E-state index is -3.75. The summed E-state index contributed by atoms with van der Waals surface area (Å²) in [6.07, 6.45) is 0. The molecule has 0 atom stereocenters. The lowest BCUT2D eigenvalue weighted by molar-refractivity contribution is 0.102. The number of methoxy groups -OCH3 is 1. The van der Waals surface area contributed by atoms with E-state index in [0.29, 0.717) is 18.0 Å². The first-order valence-electron chi connectivity index (χ1n) is 7.94. The van der Waals surface area contributed by atoms with Crippen molar-refractivity contribution in [3.05, 3.63) is 48.0 Å². The molecule has 1 N–H and O–H groups in total. The Kier molecular flexibility index (Phi) is 6.23. The number of nitrogens with one attached hydrogen (secondary N) is 1. The maximum Gasteiger partial charge on any atom is 0.255 e. The number of benzene rings is 2. The number of hydrogen-bond acceptors (Lipinski definition) is 5. The summed E-state index contributed by atoms with van der Waals surface area (Å²) in [5, 5.41) is 2.73. The topological polar surface area (TPSA) is 84.9 Å². The number of hydrogen-bond donors (Lipinski definition) is 1. The lowest BCUT2D eigenvalue weighted by Gasteiger charge is -2.15. The Balaban J connectivity index is 2.29. The van der Waals surface area contributed by atoms with Gasteiger partial charge in [-0.2, -0.15) is 0 Å². The number of sulfonamides is 1. The van der Waals surface area contributed by atoms with E-state index in [9.17, 15) is 13.2 Å². The van der Waals surface area contributed by atoms with Gasteiger partial charge in [-0.3, -0.25) is 4.79 Å². The lowest BCUT2D eigenvalue weighted by Crippen LogP contribution is -2.23. The van der Waals surface area contributed by atoms with Crippen LogP contribution in [0, 0.1) is 0 Å². The van der Waals surface area contributed by atoms with Gasteiger partial charge in [-0.15, -0.1) is 0 Å². The molecule has 0 saturated carbocycles. The number of amides is 1. The van der Waals surface area contributed by atoms with Crippen LogP contribution in [0.3, 0.4) is 0 Å². The van der Waals surface area contributed by atoms with Crippen molar-refractivity contribution in [1.29, 1.82) is 0 Å². The van der Waals surface area contributed by atoms with Crippen LogP contribution in [0.4, 0.5) is 5.69 Å². The predicted molar refractivity (Wildman–Crippen MR) is 99.4 cm³/mol. The molecule has 0 heterocycles. The zero-order valence-electron chi connectivity index (χ0n) is 15.1. The average molecular weight is 378 g/mol. The van der Waals surface area contributed by atoms with Gasteiger partial charge < -0.3 is 14.8 Å². The van der Waals surface area contributed by atoms with Crippen LogP contribution in [-0.4, -0.2) is 46.4 Å². The Bertz CT molecular complexity index is 877. The molecule has 0 aliphatic carbocycles. The van der Waals surface area contributed by atoms with E-state index in [1.54, 1.807) is 24.3 Å². The maximum atomic E-state index is 12.5. The molecule has 0 aliphatic rings. The van der Waals surface area contributed by atoms with E-state index in [-0.39, 0.29) is 16.2 Å². The summed E-state index contributed by atoms with van der Waals surface area (Å²) < 4.78 is 36.4. The zero-order valence-corrected chi connectivity index (χ0v) is 16.0. The fraction of sp³-hybridized carbons (Fsp3) is 0.278. The van der Waals surface area contributed by atoms with Gasteiger partial charge in [0.2, 0.25) is 10.0 Å². The molecular weight excluding hydrogens is 356 g/mol. The highest BCUT2D eigenvalue weighted by Crippen LogP contribution is 2.27. The maximum absolute atomic E-state index is 12.5. The van der Waals surface area contributed by atoms with Gasteiger partial charge in [0.15, 0.2) is 0 Å². The first-order valence-corrected chi connectivity index (χ1v) is 9.38. The Morgan fingerprint density at radius 1 is 1.12 bits per heavy atom. The van der Waals surface area contributed by atoms with Crippen LogP contribution in [-0.2, 0) is 10.0 Å². The molecule has 8 heteroatoms. The predicted octanol–water partition coefficient (Wildman–Crippen LogP) is 2.60. The summed E-state index contributed by atoms with van der Waals surface area (Å²) in [5.41, 5.74) is 0.784. The smallest absolute Gasteiger partial charge is 0.255 e. The van der Waals surface area contributed by atoms with E-state index in [4.69, 9.17) is 9.47 Å². The summed E-state index contributed by atoms with van der Waals surface area (Å²) in [6.45, 7) is 2.44. The van der Waals surface area contributed by atoms with Crippen molar-refractivity contribution < 1.29 is 22.7 Å². The van der Waals surface area contributed by atoms with Crippen LogP contribution in [0.1, 0.15) is 17.3 Å². The minimum Gasteiger partial charge on any atom is -0.495 e. The third kappa shape index (κ3) is 4.33. The molecule has 26 heavy (non-hydrogen) atoms. The molecule has 0 unspecified atom stereocenters. The molecule has 0 bridgehead atoms. The van der Waals surface area contributed by atoms with Crippen molar-refractivity contribution in [2.75, 3.05) is 33.1 Å². The molecule has 0 spiro atoms. The molecular formula is C18H22N2O5S. The second-order valence-corrected chi connectivity index (χ2v) is 7.68. The van der Waals surface area contributed by atoms with Crippen molar-refractivity contribution in [3.8, 4) is 11.5 Å². The van der Waals surface area contributed by atoms with Crippen LogP contribution in [0.5, 0.6) is 11.5 Å². The van der Waals surface area contributed by atoms with Gasteiger partial charge in [-0.25, -0.2) is 12.7 Å². The number of carbonyl (C=O) groups is 1. The summed E-state index contributed by atoms with van der Waals surface area (Å²) in [6, 6.07) is 11.2. The van der Waals surface area contributed by atoms with Crippen LogP contribution in [0.15, 0.2) is 47.4 Å². The largest absolute Gasteiger partial charge is 0.495 e. The molecule has 1 amide bonds. The van der Waals surface area contributed by atoms with Crippen molar-refractivity contribution >= 4 is 21.6 Å². The molecule has 0 aliphatic heterocycles. The Morgan fingerprint density at radius 2 is 1.77 bits per heavy atom. The first kappa shape index (κ1) is 19.7. The molecule has 0 saturated heterocycles. The molecule has 0 aromatic heterocycles. The SMILES string of the molecule is CCOc1ccc(NC(=O)c2ccc(OC)c(S(=O)(=O)N(C)C)c2)cc1. The highest BCUT2D eigenvalue weighted by Gasteiger charge is 2.23. The minimum absolute atomic E-state index is 0.0654. The number of anilines is 1. The fourth-order valence-electron chi connectivity index (χ4n) is 2.22. The fourth-order valence-corrected chi connectivity index (χ4v) is 3.30. The summed E-state index contributed by atoms with van der Waals surface area (Å²) >= 11 is 0. The Morgan fingerprint density at radius 3 is 2.31 bits per heavy atom. The van der Waals surface area contributed by atoms with Crippen LogP contribution < -0.4 is 14.8 Å². The molecule has 140 valence electrons. The van der Waals surface area contributed by atoms with E-state index in [1.165, 1.54) is 39.4 Å². The van der Waals surface area contributed by atoms with E-state index in [2.05, 4.69) is 5.32 Å². The molecule has 0 fully saturated rings. The van der Waals surface area contributed by atoms with Gasteiger partial charge >= 0.3 is 0 Å². The standard InChI is InChI=1S/C18H22N2O5S/c1-5-25-15-9-7-14(8-10-15)19-18(21)13-6-11-16(24-4)17(12-13)26(22,23)20(2)3/h6-12H,5H2,1-4H3,(H,19,21). The van der Waals surface area contributed by atoms with Crippen molar-refractivity contribution in [2.24, 2.45) is 0 Å². The molecule has 2 rings (SSSR count). The van der Waals surface area contributed by atoms with Crippen molar-refractivity contribution in [3.63, 3.8) is 0 Å². The third-order valence-electron chi connectivity index (χ3n) is 3.61. The quantitative estimate of drug-likeness (QED) is 0.800. The number of carbonyl (C=O) groups excluding carboxylic acids is 1. The number of nitrogens with zero attached hydrogens (tertiary/aromatic N) is 1. The molecule has 2 aromatic carbocycles. The molecule has 0 radical (unpaired) electrons. The van der Waals surface area contributed by atoms with Crippen LogP contribution in [0.25, 0.3) is 0 Å². The number of rotatable bonds is 7. The van der Waals surface area contributed by atoms with Gasteiger partial charge in [0, 0.05) is 25.3 Å². The monoisotopic (exact) mass is 378 g/mol. The molecule has 2 aromatic rings. The third-order valence-corrected chi connectivity index (χ3v) is 5.44. The van der Waals surface area contributed by atoms with Crippen LogP contribution in [0.2, 0.25) is 0 Å². The average Bonchev–Trinajstić information content (AvgIpc) is 2.62. The second-order valence-electron chi connectivity index (χ2n) is 5.56. The second kappa shape index (κ2) is 8.20. The van der Waals surface area contributed by atoms with E-state index in [0.717, 1.165) is 4.31 Å². The zero-order chi connectivity index (χ0) is 19.3. The summed E-state index contributed by atoms with van der Waals surface area (Å²) in [4.78, 5) is 12.4. The van der Waals surface area contributed by atoms with Crippen molar-refractivity contribution in [2.45, 2.75) is 11.8 Å². The van der Waals surface area contributed by atoms with E-state index in [1.807, 2.05) is 6.92 Å². The van der Waals surface area contributed by atoms with Crippen molar-refractivity contribution in [1.82, 2.24) is 4.31 Å². The van der Waals surface area contributed by atoms with E-state index < -0.39 is 15.9 Å². The van der Waals surface area contributed by atoms with Gasteiger partial charge in [-0.1, -0.05) is 0 Å². The molecule has 7 nitrogen and oxygen atoms in total. The van der Waals surface area contributed by atoms with Gasteiger partial charge in [0.25, 0.3) is 5.91 Å². The first-order chi connectivity index (χ1) is 12.3. The highest BCUT2D eigenvalue weighted by atomic mass is 32.2. The van der Waals surface area contributed by atoms with Gasteiger partial charge in [-0.05, 0) is 49.4 Å². The lowest BCUT2D eigenvalue weighted by atomic mass is 10.2. The van der Waals surface area contributed by atoms with Gasteiger partial charge in [0.05, 0.1) is 13.7 Å². The Labute approximate surface area is 153 Å². The summed E-state index contributed by atoms with van der Waals surface area (Å²) in [7, 11) is 0.466.